The Bertz CT molecular complexity index is 2630. The van der Waals surface area contributed by atoms with Crippen molar-refractivity contribution >= 4 is 40.0 Å². The molecule has 0 fully saturated rings. The van der Waals surface area contributed by atoms with Crippen LogP contribution in [0.4, 0.5) is 0 Å². The molecule has 6 rings (SSSR count). The minimum atomic E-state index is -3.98. The van der Waals surface area contributed by atoms with E-state index >= 15 is 0 Å². The van der Waals surface area contributed by atoms with Gasteiger partial charge < -0.3 is 13.6 Å². The van der Waals surface area contributed by atoms with Gasteiger partial charge in [-0.1, -0.05) is 179 Å². The number of hydrogen-bond acceptors (Lipinski definition) is 5. The van der Waals surface area contributed by atoms with Crippen molar-refractivity contribution in [3.63, 3.8) is 0 Å². The van der Waals surface area contributed by atoms with E-state index in [1.54, 1.807) is 54.6 Å². The molecule has 0 N–H and O–H groups in total. The lowest BCUT2D eigenvalue weighted by Gasteiger charge is -2.31. The molecule has 0 spiro atoms. The van der Waals surface area contributed by atoms with Crippen LogP contribution in [0, 0.1) is 0 Å². The molecule has 0 saturated heterocycles. The Labute approximate surface area is 380 Å². The SMILES string of the molecule is CC(C)(C)c1cc(C(C)(C)C)c2cc(OP(Oc3cc4c(C(C)(C)C)cc(C(C)(C)C)cc4cc3C(C)(C)C)Oc3ccccc3S(=O)(=O)c3ccccc3)c(C(C)(C)C)cc2c1. The number of rotatable bonds is 8. The topological polar surface area (TPSA) is 61.8 Å². The molecule has 336 valence electrons. The molecular formula is C56H71O5PS. The summed E-state index contributed by atoms with van der Waals surface area (Å²) in [6.07, 6.45) is 0. The van der Waals surface area contributed by atoms with Gasteiger partial charge in [-0.3, -0.25) is 0 Å². The second kappa shape index (κ2) is 16.6. The van der Waals surface area contributed by atoms with Gasteiger partial charge in [-0.25, -0.2) is 8.42 Å². The first kappa shape index (κ1) is 48.1. The standard InChI is InChI=1S/C56H71O5PS/c1-51(2,3)38-28-36-30-45(55(13,14)15)48(34-41(36)43(32-38)53(7,8)9)60-62(59-47-26-22-23-27-50(47)63(57,58)40-24-20-19-21-25-40)61-49-35-42-37(31-46(49)56(16,17)18)29-39(52(4,5)6)33-44(42)54(10,11)12/h19-35H,1-18H3. The molecule has 0 aromatic heterocycles. The number of benzene rings is 6. The van der Waals surface area contributed by atoms with Gasteiger partial charge in [0, 0.05) is 11.1 Å². The van der Waals surface area contributed by atoms with E-state index in [-0.39, 0.29) is 48.0 Å². The molecule has 0 heterocycles. The van der Waals surface area contributed by atoms with Gasteiger partial charge in [-0.15, -0.1) is 0 Å². The van der Waals surface area contributed by atoms with E-state index in [2.05, 4.69) is 173 Å². The second-order valence-corrected chi connectivity index (χ2v) is 26.4. The van der Waals surface area contributed by atoms with Crippen molar-refractivity contribution in [3.8, 4) is 17.2 Å². The Kier molecular flexibility index (Phi) is 12.6. The fourth-order valence-electron chi connectivity index (χ4n) is 7.98. The molecule has 0 amide bonds. The van der Waals surface area contributed by atoms with E-state index in [1.165, 1.54) is 22.3 Å². The van der Waals surface area contributed by atoms with Gasteiger partial charge in [0.2, 0.25) is 9.84 Å². The maximum atomic E-state index is 14.3. The molecule has 7 heteroatoms. The summed E-state index contributed by atoms with van der Waals surface area (Å²) < 4.78 is 49.9. The summed E-state index contributed by atoms with van der Waals surface area (Å²) in [7, 11) is -6.33. The van der Waals surface area contributed by atoms with Crippen LogP contribution in [0.1, 0.15) is 158 Å². The van der Waals surface area contributed by atoms with E-state index < -0.39 is 18.4 Å². The second-order valence-electron chi connectivity index (χ2n) is 23.4. The zero-order valence-corrected chi connectivity index (χ0v) is 42.9. The predicted octanol–water partition coefficient (Wildman–Crippen LogP) is 16.4. The Morgan fingerprint density at radius 3 is 1.13 bits per heavy atom. The minimum Gasteiger partial charge on any atom is -0.408 e. The Balaban J connectivity index is 1.64. The van der Waals surface area contributed by atoms with Crippen molar-refractivity contribution in [3.05, 3.63) is 137 Å². The minimum absolute atomic E-state index is 0.0365. The fraction of sp³-hybridized carbons (Fsp3) is 0.429. The van der Waals surface area contributed by atoms with Crippen molar-refractivity contribution in [2.45, 2.75) is 167 Å². The molecule has 0 atom stereocenters. The summed E-state index contributed by atoms with van der Waals surface area (Å²) in [5.74, 6) is 1.41. The first-order valence-corrected chi connectivity index (χ1v) is 24.8. The summed E-state index contributed by atoms with van der Waals surface area (Å²) in [5, 5.41) is 4.46. The van der Waals surface area contributed by atoms with Crippen LogP contribution in [-0.4, -0.2) is 8.42 Å². The van der Waals surface area contributed by atoms with Crippen LogP contribution in [0.2, 0.25) is 0 Å². The maximum Gasteiger partial charge on any atom is 0.530 e. The zero-order valence-electron chi connectivity index (χ0n) is 41.2. The van der Waals surface area contributed by atoms with Crippen molar-refractivity contribution in [1.82, 2.24) is 0 Å². The van der Waals surface area contributed by atoms with Crippen molar-refractivity contribution in [2.24, 2.45) is 0 Å². The smallest absolute Gasteiger partial charge is 0.408 e. The third-order valence-electron chi connectivity index (χ3n) is 11.8. The Morgan fingerprint density at radius 2 is 0.746 bits per heavy atom. The highest BCUT2D eigenvalue weighted by Crippen LogP contribution is 2.51. The van der Waals surface area contributed by atoms with Gasteiger partial charge in [0.15, 0.2) is 0 Å². The molecule has 0 aliphatic carbocycles. The van der Waals surface area contributed by atoms with Crippen LogP contribution in [0.15, 0.2) is 113 Å². The highest BCUT2D eigenvalue weighted by Gasteiger charge is 2.34. The van der Waals surface area contributed by atoms with E-state index in [4.69, 9.17) is 13.6 Å². The fourth-order valence-corrected chi connectivity index (χ4v) is 10.5. The molecule has 5 nitrogen and oxygen atoms in total. The summed E-state index contributed by atoms with van der Waals surface area (Å²) >= 11 is 0. The van der Waals surface area contributed by atoms with Crippen LogP contribution < -0.4 is 13.6 Å². The molecule has 0 unspecified atom stereocenters. The van der Waals surface area contributed by atoms with Crippen LogP contribution >= 0.6 is 8.60 Å². The van der Waals surface area contributed by atoms with Crippen LogP contribution in [0.25, 0.3) is 21.5 Å². The predicted molar refractivity (Wildman–Crippen MR) is 267 cm³/mol. The largest absolute Gasteiger partial charge is 0.530 e. The lowest BCUT2D eigenvalue weighted by molar-refractivity contribution is 0.374. The third-order valence-corrected chi connectivity index (χ3v) is 14.6. The molecule has 0 bridgehead atoms. The van der Waals surface area contributed by atoms with Gasteiger partial charge in [-0.05, 0) is 125 Å². The number of hydrogen-bond donors (Lipinski definition) is 0. The van der Waals surface area contributed by atoms with E-state index in [1.807, 2.05) is 0 Å². The lowest BCUT2D eigenvalue weighted by Crippen LogP contribution is -2.19. The van der Waals surface area contributed by atoms with Gasteiger partial charge in [0.05, 0.1) is 4.90 Å². The first-order valence-electron chi connectivity index (χ1n) is 22.3. The number of sulfone groups is 1. The highest BCUT2D eigenvalue weighted by atomic mass is 32.2. The van der Waals surface area contributed by atoms with Crippen LogP contribution in [0.3, 0.4) is 0 Å². The lowest BCUT2D eigenvalue weighted by atomic mass is 9.76. The Morgan fingerprint density at radius 1 is 0.381 bits per heavy atom. The van der Waals surface area contributed by atoms with E-state index in [0.717, 1.165) is 32.7 Å². The molecule has 0 saturated carbocycles. The summed E-state index contributed by atoms with van der Waals surface area (Å²) in [4.78, 5) is 0.212. The molecule has 6 aromatic rings. The molecular weight excluding hydrogens is 816 g/mol. The molecule has 0 radical (unpaired) electrons. The molecule has 6 aromatic carbocycles. The first-order chi connectivity index (χ1) is 28.8. The summed E-state index contributed by atoms with van der Waals surface area (Å²) in [6, 6.07) is 33.4. The van der Waals surface area contributed by atoms with Crippen molar-refractivity contribution in [2.75, 3.05) is 0 Å². The van der Waals surface area contributed by atoms with Gasteiger partial charge in [0.1, 0.15) is 22.1 Å². The maximum absolute atomic E-state index is 14.3. The van der Waals surface area contributed by atoms with Gasteiger partial charge in [-0.2, -0.15) is 0 Å². The summed E-state index contributed by atoms with van der Waals surface area (Å²) in [5.41, 5.74) is 5.82. The average Bonchev–Trinajstić information content (AvgIpc) is 3.14. The molecule has 63 heavy (non-hydrogen) atoms. The number of para-hydroxylation sites is 1. The van der Waals surface area contributed by atoms with Crippen LogP contribution in [-0.2, 0) is 42.3 Å². The quantitative estimate of drug-likeness (QED) is 0.143. The van der Waals surface area contributed by atoms with Gasteiger partial charge in [0.25, 0.3) is 0 Å². The number of fused-ring (bicyclic) bond motifs is 2. The third kappa shape index (κ3) is 10.4. The summed E-state index contributed by atoms with van der Waals surface area (Å²) in [6.45, 7) is 40.2. The van der Waals surface area contributed by atoms with E-state index in [9.17, 15) is 8.42 Å². The van der Waals surface area contributed by atoms with Crippen molar-refractivity contribution < 1.29 is 22.0 Å². The van der Waals surface area contributed by atoms with Crippen LogP contribution in [0.5, 0.6) is 17.2 Å². The Hall–Kier alpha value is -4.38. The normalized spacial score (nSPS) is 13.5. The van der Waals surface area contributed by atoms with Crippen molar-refractivity contribution in [1.29, 1.82) is 0 Å². The monoisotopic (exact) mass is 886 g/mol. The van der Waals surface area contributed by atoms with E-state index in [0.29, 0.717) is 11.5 Å². The highest BCUT2D eigenvalue weighted by molar-refractivity contribution is 7.91. The molecule has 0 aliphatic rings. The molecule has 0 aliphatic heterocycles. The van der Waals surface area contributed by atoms with Gasteiger partial charge >= 0.3 is 8.60 Å². The zero-order chi connectivity index (χ0) is 46.9. The average molecular weight is 887 g/mol.